The molecule has 0 bridgehead atoms. The number of rotatable bonds is 5. The Kier molecular flexibility index (Phi) is 5.06. The molecular weight excluding hydrogens is 433 g/mol. The second kappa shape index (κ2) is 8.04. The van der Waals surface area contributed by atoms with Crippen LogP contribution in [0.25, 0.3) is 10.9 Å². The number of methoxy groups -OCH3 is 1. The summed E-state index contributed by atoms with van der Waals surface area (Å²) in [6, 6.07) is 11.2. The van der Waals surface area contributed by atoms with Crippen LogP contribution in [0.1, 0.15) is 10.4 Å². The summed E-state index contributed by atoms with van der Waals surface area (Å²) in [7, 11) is 1.58. The first kappa shape index (κ1) is 20.1. The number of benzene rings is 2. The Bertz CT molecular complexity index is 1270. The first-order valence-corrected chi connectivity index (χ1v) is 10.7. The SMILES string of the molecule is COc1ccc2[nH]cc(C(=O)CSC3=NNC4C(=O)N(c5ccc(F)cc5)C=CN34)c2c1. The van der Waals surface area contributed by atoms with Gasteiger partial charge in [-0.3, -0.25) is 24.8 Å². The van der Waals surface area contributed by atoms with Crippen LogP contribution in [0.3, 0.4) is 0 Å². The number of ketones is 1. The van der Waals surface area contributed by atoms with Gasteiger partial charge in [-0.15, -0.1) is 0 Å². The molecule has 1 amide bonds. The van der Waals surface area contributed by atoms with Crippen molar-refractivity contribution in [2.45, 2.75) is 6.17 Å². The van der Waals surface area contributed by atoms with E-state index >= 15 is 0 Å². The highest BCUT2D eigenvalue weighted by Crippen LogP contribution is 2.28. The van der Waals surface area contributed by atoms with Gasteiger partial charge in [0.25, 0.3) is 5.91 Å². The molecule has 2 aromatic carbocycles. The second-order valence-electron chi connectivity index (χ2n) is 7.14. The number of amides is 1. The number of aromatic nitrogens is 1. The molecule has 3 heterocycles. The molecule has 0 saturated heterocycles. The van der Waals surface area contributed by atoms with Gasteiger partial charge in [0.2, 0.25) is 6.17 Å². The molecule has 5 rings (SSSR count). The normalized spacial score (nSPS) is 17.4. The Hall–Kier alpha value is -3.79. The number of anilines is 1. The smallest absolute Gasteiger partial charge is 0.276 e. The lowest BCUT2D eigenvalue weighted by Gasteiger charge is -2.31. The van der Waals surface area contributed by atoms with Crippen LogP contribution >= 0.6 is 11.8 Å². The molecule has 3 aromatic rings. The molecule has 2 N–H and O–H groups in total. The average molecular weight is 451 g/mol. The number of Topliss-reactive ketones (excluding diaryl/α,β-unsaturated/α-hetero) is 1. The lowest BCUT2D eigenvalue weighted by atomic mass is 10.1. The Morgan fingerprint density at radius 3 is 2.81 bits per heavy atom. The van der Waals surface area contributed by atoms with Gasteiger partial charge in [-0.05, 0) is 42.5 Å². The number of nitrogens with zero attached hydrogens (tertiary/aromatic N) is 3. The number of aromatic amines is 1. The zero-order valence-corrected chi connectivity index (χ0v) is 17.7. The highest BCUT2D eigenvalue weighted by atomic mass is 32.2. The number of thioether (sulfide) groups is 1. The minimum absolute atomic E-state index is 0.0686. The molecular formula is C22H18FN5O3S. The monoisotopic (exact) mass is 451 g/mol. The van der Waals surface area contributed by atoms with Gasteiger partial charge in [0.05, 0.1) is 12.9 Å². The molecule has 8 nitrogen and oxygen atoms in total. The van der Waals surface area contributed by atoms with Crippen molar-refractivity contribution in [2.24, 2.45) is 5.10 Å². The molecule has 1 atom stereocenters. The molecule has 0 saturated carbocycles. The van der Waals surface area contributed by atoms with Crippen molar-refractivity contribution in [3.63, 3.8) is 0 Å². The van der Waals surface area contributed by atoms with Gasteiger partial charge >= 0.3 is 0 Å². The number of amidine groups is 1. The summed E-state index contributed by atoms with van der Waals surface area (Å²) in [5.74, 6) is 0.128. The fourth-order valence-electron chi connectivity index (χ4n) is 3.60. The molecule has 162 valence electrons. The highest BCUT2D eigenvalue weighted by Gasteiger charge is 2.38. The minimum Gasteiger partial charge on any atom is -0.497 e. The maximum absolute atomic E-state index is 13.2. The van der Waals surface area contributed by atoms with Crippen LogP contribution < -0.4 is 15.1 Å². The molecule has 32 heavy (non-hydrogen) atoms. The highest BCUT2D eigenvalue weighted by molar-refractivity contribution is 8.14. The van der Waals surface area contributed by atoms with E-state index in [0.717, 1.165) is 10.9 Å². The van der Waals surface area contributed by atoms with E-state index in [1.165, 1.54) is 40.9 Å². The topological polar surface area (TPSA) is 90.0 Å². The van der Waals surface area contributed by atoms with E-state index in [2.05, 4.69) is 15.5 Å². The van der Waals surface area contributed by atoms with Crippen molar-refractivity contribution >= 4 is 45.2 Å². The maximum Gasteiger partial charge on any atom is 0.276 e. The standard InChI is InChI=1S/C22H18FN5O3S/c1-31-15-6-7-18-16(10-15)17(11-24-18)19(29)12-32-22-26-25-20-21(30)27(8-9-28(20)22)14-4-2-13(23)3-5-14/h2-11,20,24-25H,12H2,1H3. The number of halogens is 1. The zero-order valence-electron chi connectivity index (χ0n) is 16.9. The Morgan fingerprint density at radius 2 is 2.03 bits per heavy atom. The minimum atomic E-state index is -0.722. The number of H-pyrrole nitrogens is 1. The third kappa shape index (κ3) is 3.48. The van der Waals surface area contributed by atoms with Crippen molar-refractivity contribution in [3.05, 3.63) is 72.4 Å². The molecule has 1 aromatic heterocycles. The van der Waals surface area contributed by atoms with Gasteiger partial charge in [-0.2, -0.15) is 5.10 Å². The predicted octanol–water partition coefficient (Wildman–Crippen LogP) is 3.25. The second-order valence-corrected chi connectivity index (χ2v) is 8.08. The molecule has 2 aliphatic rings. The van der Waals surface area contributed by atoms with Gasteiger partial charge in [0, 0.05) is 40.8 Å². The van der Waals surface area contributed by atoms with E-state index < -0.39 is 6.17 Å². The number of nitrogens with one attached hydrogen (secondary N) is 2. The Balaban J connectivity index is 1.28. The van der Waals surface area contributed by atoms with E-state index in [4.69, 9.17) is 4.74 Å². The summed E-state index contributed by atoms with van der Waals surface area (Å²) >= 11 is 1.24. The van der Waals surface area contributed by atoms with E-state index in [1.54, 1.807) is 30.6 Å². The van der Waals surface area contributed by atoms with Gasteiger partial charge in [0.1, 0.15) is 11.6 Å². The molecule has 0 fully saturated rings. The van der Waals surface area contributed by atoms with Crippen LogP contribution in [0.4, 0.5) is 10.1 Å². The van der Waals surface area contributed by atoms with Crippen molar-refractivity contribution < 1.29 is 18.7 Å². The van der Waals surface area contributed by atoms with E-state index in [1.807, 2.05) is 18.2 Å². The van der Waals surface area contributed by atoms with Crippen molar-refractivity contribution in [2.75, 3.05) is 17.8 Å². The average Bonchev–Trinajstić information content (AvgIpc) is 3.42. The van der Waals surface area contributed by atoms with Crippen LogP contribution in [0.5, 0.6) is 5.75 Å². The largest absolute Gasteiger partial charge is 0.497 e. The van der Waals surface area contributed by atoms with Crippen LogP contribution in [0.15, 0.2) is 66.2 Å². The van der Waals surface area contributed by atoms with Crippen LogP contribution in [-0.2, 0) is 4.79 Å². The van der Waals surface area contributed by atoms with Crippen molar-refractivity contribution in [3.8, 4) is 5.75 Å². The summed E-state index contributed by atoms with van der Waals surface area (Å²) in [4.78, 5) is 32.0. The van der Waals surface area contributed by atoms with Gasteiger partial charge in [-0.1, -0.05) is 11.8 Å². The van der Waals surface area contributed by atoms with Gasteiger partial charge in [-0.25, -0.2) is 4.39 Å². The van der Waals surface area contributed by atoms with E-state index in [0.29, 0.717) is 22.2 Å². The molecule has 10 heteroatoms. The van der Waals surface area contributed by atoms with E-state index in [9.17, 15) is 14.0 Å². The summed E-state index contributed by atoms with van der Waals surface area (Å²) in [6.45, 7) is 0. The number of carbonyl (C=O) groups is 2. The lowest BCUT2D eigenvalue weighted by molar-refractivity contribution is -0.122. The number of hydrazone groups is 1. The van der Waals surface area contributed by atoms with Crippen molar-refractivity contribution in [1.82, 2.24) is 15.3 Å². The van der Waals surface area contributed by atoms with Gasteiger partial charge in [0.15, 0.2) is 11.0 Å². The summed E-state index contributed by atoms with van der Waals surface area (Å²) in [6.07, 6.45) is 4.28. The van der Waals surface area contributed by atoms with Crippen LogP contribution in [-0.4, -0.2) is 45.8 Å². The number of hydrogen-bond donors (Lipinski definition) is 2. The summed E-state index contributed by atoms with van der Waals surface area (Å²) < 4.78 is 18.5. The van der Waals surface area contributed by atoms with Gasteiger partial charge < -0.3 is 9.72 Å². The Labute approximate surface area is 186 Å². The van der Waals surface area contributed by atoms with Crippen LogP contribution in [0.2, 0.25) is 0 Å². The first-order chi connectivity index (χ1) is 15.5. The van der Waals surface area contributed by atoms with Crippen molar-refractivity contribution in [1.29, 1.82) is 0 Å². The first-order valence-electron chi connectivity index (χ1n) is 9.75. The van der Waals surface area contributed by atoms with E-state index in [-0.39, 0.29) is 23.3 Å². The third-order valence-electron chi connectivity index (χ3n) is 5.26. The number of ether oxygens (including phenoxy) is 1. The molecule has 0 spiro atoms. The number of fused-ring (bicyclic) bond motifs is 2. The third-order valence-corrected chi connectivity index (χ3v) is 6.22. The summed E-state index contributed by atoms with van der Waals surface area (Å²) in [5.41, 5.74) is 4.79. The molecule has 0 radical (unpaired) electrons. The quantitative estimate of drug-likeness (QED) is 0.579. The zero-order chi connectivity index (χ0) is 22.2. The lowest BCUT2D eigenvalue weighted by Crippen LogP contribution is -2.52. The fraction of sp³-hybridized carbons (Fsp3) is 0.136. The summed E-state index contributed by atoms with van der Waals surface area (Å²) in [5, 5.41) is 5.54. The fourth-order valence-corrected chi connectivity index (χ4v) is 4.45. The molecule has 2 aliphatic heterocycles. The molecule has 1 unspecified atom stereocenters. The van der Waals surface area contributed by atoms with Crippen LogP contribution in [0, 0.1) is 5.82 Å². The molecule has 0 aliphatic carbocycles. The predicted molar refractivity (Wildman–Crippen MR) is 121 cm³/mol. The number of carbonyl (C=O) groups excluding carboxylic acids is 2. The number of hydrogen-bond acceptors (Lipinski definition) is 7. The maximum atomic E-state index is 13.2. The Morgan fingerprint density at radius 1 is 1.22 bits per heavy atom.